The summed E-state index contributed by atoms with van der Waals surface area (Å²) in [6, 6.07) is 4.15. The van der Waals surface area contributed by atoms with Gasteiger partial charge in [-0.05, 0) is 43.0 Å². The molecule has 0 saturated heterocycles. The third-order valence-corrected chi connectivity index (χ3v) is 3.34. The zero-order chi connectivity index (χ0) is 12.1. The molecule has 0 bridgehead atoms. The molecule has 0 heterocycles. The third-order valence-electron chi connectivity index (χ3n) is 2.74. The van der Waals surface area contributed by atoms with Crippen molar-refractivity contribution >= 4 is 21.9 Å². The average molecular weight is 285 g/mol. The number of benzene rings is 1. The molecule has 0 atom stereocenters. The van der Waals surface area contributed by atoms with E-state index >= 15 is 0 Å². The lowest BCUT2D eigenvalue weighted by atomic mass is 9.96. The Hall–Kier alpha value is -0.830. The van der Waals surface area contributed by atoms with E-state index in [0.717, 1.165) is 16.5 Å². The highest BCUT2D eigenvalue weighted by atomic mass is 79.9. The predicted octanol–water partition coefficient (Wildman–Crippen LogP) is 3.30. The van der Waals surface area contributed by atoms with E-state index in [0.29, 0.717) is 13.0 Å². The van der Waals surface area contributed by atoms with E-state index in [1.807, 2.05) is 6.92 Å². The van der Waals surface area contributed by atoms with Gasteiger partial charge in [-0.15, -0.1) is 0 Å². The van der Waals surface area contributed by atoms with Crippen LogP contribution in [0.1, 0.15) is 29.2 Å². The maximum atomic E-state index is 11.5. The number of hydrogen-bond donors (Lipinski definition) is 0. The summed E-state index contributed by atoms with van der Waals surface area (Å²) in [5.41, 5.74) is 4.65. The Labute approximate surface area is 105 Å². The summed E-state index contributed by atoms with van der Waals surface area (Å²) in [5, 5.41) is 0.767. The summed E-state index contributed by atoms with van der Waals surface area (Å²) < 4.78 is 4.99. The molecule has 1 rings (SSSR count). The number of carbonyl (C=O) groups excluding carboxylic acids is 1. The zero-order valence-corrected chi connectivity index (χ0v) is 11.6. The molecule has 0 saturated carbocycles. The second-order valence-electron chi connectivity index (χ2n) is 3.76. The van der Waals surface area contributed by atoms with E-state index < -0.39 is 0 Å². The van der Waals surface area contributed by atoms with Gasteiger partial charge in [0, 0.05) is 5.33 Å². The molecular weight excluding hydrogens is 268 g/mol. The fraction of sp³-hybridized carbons (Fsp3) is 0.462. The molecule has 0 aliphatic heterocycles. The van der Waals surface area contributed by atoms with Crippen LogP contribution in [0.25, 0.3) is 0 Å². The molecule has 1 aromatic rings. The molecule has 0 spiro atoms. The van der Waals surface area contributed by atoms with Gasteiger partial charge in [0.05, 0.1) is 13.0 Å². The number of ether oxygens (including phenoxy) is 1. The fourth-order valence-electron chi connectivity index (χ4n) is 1.66. The predicted molar refractivity (Wildman–Crippen MR) is 68.9 cm³/mol. The van der Waals surface area contributed by atoms with Crippen LogP contribution in [-0.2, 0) is 21.3 Å². The summed E-state index contributed by atoms with van der Waals surface area (Å²) in [7, 11) is 0. The first-order chi connectivity index (χ1) is 7.60. The van der Waals surface area contributed by atoms with Crippen molar-refractivity contribution in [1.29, 1.82) is 0 Å². The molecule has 0 N–H and O–H groups in total. The maximum absolute atomic E-state index is 11.5. The standard InChI is InChI=1S/C13H17BrO2/c1-4-16-13(15)7-12-10(3)9(2)5-6-11(12)8-14/h5-6H,4,7-8H2,1-3H3. The minimum atomic E-state index is -0.154. The zero-order valence-electron chi connectivity index (χ0n) is 9.97. The number of alkyl halides is 1. The number of esters is 1. The molecule has 0 radical (unpaired) electrons. The number of halogens is 1. The first-order valence-corrected chi connectivity index (χ1v) is 6.51. The Morgan fingerprint density at radius 3 is 2.62 bits per heavy atom. The van der Waals surface area contributed by atoms with Gasteiger partial charge >= 0.3 is 5.97 Å². The van der Waals surface area contributed by atoms with Crippen LogP contribution in [0.15, 0.2) is 12.1 Å². The molecule has 16 heavy (non-hydrogen) atoms. The fourth-order valence-corrected chi connectivity index (χ4v) is 2.18. The van der Waals surface area contributed by atoms with E-state index in [1.165, 1.54) is 11.1 Å². The highest BCUT2D eigenvalue weighted by Crippen LogP contribution is 2.21. The van der Waals surface area contributed by atoms with Crippen LogP contribution in [-0.4, -0.2) is 12.6 Å². The number of rotatable bonds is 4. The van der Waals surface area contributed by atoms with Gasteiger partial charge in [-0.1, -0.05) is 28.1 Å². The highest BCUT2D eigenvalue weighted by molar-refractivity contribution is 9.08. The van der Waals surface area contributed by atoms with Gasteiger partial charge in [0.1, 0.15) is 0 Å². The summed E-state index contributed by atoms with van der Waals surface area (Å²) in [6.45, 7) is 6.37. The smallest absolute Gasteiger partial charge is 0.310 e. The SMILES string of the molecule is CCOC(=O)Cc1c(CBr)ccc(C)c1C. The quantitative estimate of drug-likeness (QED) is 0.626. The van der Waals surface area contributed by atoms with Crippen LogP contribution in [0, 0.1) is 13.8 Å². The van der Waals surface area contributed by atoms with Gasteiger partial charge in [-0.25, -0.2) is 0 Å². The molecule has 0 fully saturated rings. The van der Waals surface area contributed by atoms with Crippen molar-refractivity contribution in [2.45, 2.75) is 32.5 Å². The van der Waals surface area contributed by atoms with Crippen LogP contribution < -0.4 is 0 Å². The molecular formula is C13H17BrO2. The normalized spacial score (nSPS) is 10.2. The number of carbonyl (C=O) groups is 1. The molecule has 1 aromatic carbocycles. The second kappa shape index (κ2) is 6.04. The molecule has 0 aliphatic rings. The van der Waals surface area contributed by atoms with Crippen LogP contribution in [0.3, 0.4) is 0 Å². The molecule has 0 aromatic heterocycles. The van der Waals surface area contributed by atoms with Gasteiger partial charge < -0.3 is 4.74 Å². The van der Waals surface area contributed by atoms with Gasteiger partial charge in [0.15, 0.2) is 0 Å². The van der Waals surface area contributed by atoms with E-state index in [9.17, 15) is 4.79 Å². The van der Waals surface area contributed by atoms with E-state index in [2.05, 4.69) is 41.9 Å². The molecule has 3 heteroatoms. The van der Waals surface area contributed by atoms with Crippen molar-refractivity contribution in [2.24, 2.45) is 0 Å². The highest BCUT2D eigenvalue weighted by Gasteiger charge is 2.12. The Kier molecular flexibility index (Phi) is 5.00. The van der Waals surface area contributed by atoms with Gasteiger partial charge in [-0.3, -0.25) is 4.79 Å². The number of aryl methyl sites for hydroxylation is 1. The van der Waals surface area contributed by atoms with Crippen molar-refractivity contribution in [1.82, 2.24) is 0 Å². The molecule has 0 amide bonds. The summed E-state index contributed by atoms with van der Waals surface area (Å²) in [4.78, 5) is 11.5. The molecule has 0 unspecified atom stereocenters. The van der Waals surface area contributed by atoms with Crippen LogP contribution >= 0.6 is 15.9 Å². The summed E-state index contributed by atoms with van der Waals surface area (Å²) in [5.74, 6) is -0.154. The van der Waals surface area contributed by atoms with Gasteiger partial charge in [0.25, 0.3) is 0 Å². The van der Waals surface area contributed by atoms with E-state index in [4.69, 9.17) is 4.74 Å². The number of hydrogen-bond acceptors (Lipinski definition) is 2. The summed E-state index contributed by atoms with van der Waals surface area (Å²) in [6.07, 6.45) is 0.363. The lowest BCUT2D eigenvalue weighted by Gasteiger charge is -2.12. The minimum absolute atomic E-state index is 0.154. The Morgan fingerprint density at radius 1 is 1.38 bits per heavy atom. The third kappa shape index (κ3) is 3.08. The first-order valence-electron chi connectivity index (χ1n) is 5.39. The monoisotopic (exact) mass is 284 g/mol. The lowest BCUT2D eigenvalue weighted by molar-refractivity contribution is -0.142. The molecule has 88 valence electrons. The van der Waals surface area contributed by atoms with Gasteiger partial charge in [0.2, 0.25) is 0 Å². The van der Waals surface area contributed by atoms with Crippen molar-refractivity contribution in [2.75, 3.05) is 6.61 Å². The average Bonchev–Trinajstić information content (AvgIpc) is 2.25. The first kappa shape index (κ1) is 13.2. The van der Waals surface area contributed by atoms with Crippen LogP contribution in [0.4, 0.5) is 0 Å². The largest absolute Gasteiger partial charge is 0.466 e. The molecule has 2 nitrogen and oxygen atoms in total. The second-order valence-corrected chi connectivity index (χ2v) is 4.32. The Balaban J connectivity index is 3.00. The summed E-state index contributed by atoms with van der Waals surface area (Å²) >= 11 is 3.44. The van der Waals surface area contributed by atoms with Crippen LogP contribution in [0.2, 0.25) is 0 Å². The molecule has 0 aliphatic carbocycles. The Bertz CT molecular complexity index is 386. The Morgan fingerprint density at radius 2 is 2.06 bits per heavy atom. The van der Waals surface area contributed by atoms with Crippen molar-refractivity contribution < 1.29 is 9.53 Å². The lowest BCUT2D eigenvalue weighted by Crippen LogP contribution is -2.10. The minimum Gasteiger partial charge on any atom is -0.466 e. The van der Waals surface area contributed by atoms with E-state index in [1.54, 1.807) is 0 Å². The van der Waals surface area contributed by atoms with Crippen molar-refractivity contribution in [3.8, 4) is 0 Å². The topological polar surface area (TPSA) is 26.3 Å². The van der Waals surface area contributed by atoms with Crippen molar-refractivity contribution in [3.05, 3.63) is 34.4 Å². The van der Waals surface area contributed by atoms with E-state index in [-0.39, 0.29) is 5.97 Å². The maximum Gasteiger partial charge on any atom is 0.310 e. The van der Waals surface area contributed by atoms with Crippen molar-refractivity contribution in [3.63, 3.8) is 0 Å². The van der Waals surface area contributed by atoms with Gasteiger partial charge in [-0.2, -0.15) is 0 Å². The van der Waals surface area contributed by atoms with Crippen LogP contribution in [0.5, 0.6) is 0 Å².